The van der Waals surface area contributed by atoms with Crippen molar-refractivity contribution in [1.29, 1.82) is 0 Å². The first-order valence-electron chi connectivity index (χ1n) is 8.23. The SMILES string of the molecule is C[C@@H](NC[C@@H](O)Cn1cccn1)c1ccc2c(c1)CCCC2. The van der Waals surface area contributed by atoms with Gasteiger partial charge in [0, 0.05) is 25.0 Å². The number of fused-ring (bicyclic) bond motifs is 1. The van der Waals surface area contributed by atoms with Gasteiger partial charge in [0.25, 0.3) is 0 Å². The third kappa shape index (κ3) is 3.76. The molecule has 0 fully saturated rings. The third-order valence-corrected chi connectivity index (χ3v) is 4.49. The summed E-state index contributed by atoms with van der Waals surface area (Å²) in [4.78, 5) is 0. The van der Waals surface area contributed by atoms with E-state index >= 15 is 0 Å². The summed E-state index contributed by atoms with van der Waals surface area (Å²) in [5, 5.41) is 17.6. The Bertz CT molecular complexity index is 594. The number of aliphatic hydroxyl groups excluding tert-OH is 1. The van der Waals surface area contributed by atoms with Gasteiger partial charge in [0.05, 0.1) is 12.6 Å². The average Bonchev–Trinajstić information content (AvgIpc) is 3.05. The average molecular weight is 299 g/mol. The summed E-state index contributed by atoms with van der Waals surface area (Å²) >= 11 is 0. The number of rotatable bonds is 6. The summed E-state index contributed by atoms with van der Waals surface area (Å²) in [6.45, 7) is 3.25. The molecule has 0 spiro atoms. The first-order chi connectivity index (χ1) is 10.7. The monoisotopic (exact) mass is 299 g/mol. The Kier molecular flexibility index (Phi) is 4.90. The molecule has 3 rings (SSSR count). The molecular formula is C18H25N3O. The van der Waals surface area contributed by atoms with E-state index in [9.17, 15) is 5.11 Å². The molecule has 0 radical (unpaired) electrons. The molecule has 0 bridgehead atoms. The fourth-order valence-electron chi connectivity index (χ4n) is 3.14. The maximum absolute atomic E-state index is 10.1. The maximum Gasteiger partial charge on any atom is 0.0860 e. The highest BCUT2D eigenvalue weighted by atomic mass is 16.3. The normalized spacial score (nSPS) is 17.0. The molecule has 1 aromatic heterocycles. The lowest BCUT2D eigenvalue weighted by molar-refractivity contribution is 0.143. The number of aryl methyl sites for hydroxylation is 2. The molecule has 0 amide bonds. The molecule has 1 aromatic carbocycles. The van der Waals surface area contributed by atoms with Crippen LogP contribution in [0.3, 0.4) is 0 Å². The van der Waals surface area contributed by atoms with Gasteiger partial charge in [0.15, 0.2) is 0 Å². The number of nitrogens with one attached hydrogen (secondary N) is 1. The van der Waals surface area contributed by atoms with E-state index < -0.39 is 6.10 Å². The van der Waals surface area contributed by atoms with Gasteiger partial charge >= 0.3 is 0 Å². The third-order valence-electron chi connectivity index (χ3n) is 4.49. The van der Waals surface area contributed by atoms with Crippen LogP contribution in [0.4, 0.5) is 0 Å². The van der Waals surface area contributed by atoms with Crippen LogP contribution in [0, 0.1) is 0 Å². The Morgan fingerprint density at radius 3 is 2.86 bits per heavy atom. The summed E-state index contributed by atoms with van der Waals surface area (Å²) in [7, 11) is 0. The molecular weight excluding hydrogens is 274 g/mol. The zero-order chi connectivity index (χ0) is 15.4. The van der Waals surface area contributed by atoms with E-state index in [1.807, 2.05) is 12.3 Å². The number of nitrogens with zero attached hydrogens (tertiary/aromatic N) is 2. The highest BCUT2D eigenvalue weighted by Crippen LogP contribution is 2.24. The predicted molar refractivity (Wildman–Crippen MR) is 87.7 cm³/mol. The van der Waals surface area contributed by atoms with Crippen molar-refractivity contribution in [3.8, 4) is 0 Å². The zero-order valence-electron chi connectivity index (χ0n) is 13.2. The van der Waals surface area contributed by atoms with E-state index in [0.717, 1.165) is 0 Å². The van der Waals surface area contributed by atoms with Crippen molar-refractivity contribution in [3.63, 3.8) is 0 Å². The van der Waals surface area contributed by atoms with Crippen molar-refractivity contribution in [2.24, 2.45) is 0 Å². The minimum atomic E-state index is -0.431. The molecule has 4 heteroatoms. The molecule has 22 heavy (non-hydrogen) atoms. The fraction of sp³-hybridized carbons (Fsp3) is 0.500. The van der Waals surface area contributed by atoms with Gasteiger partial charge in [-0.3, -0.25) is 4.68 Å². The van der Waals surface area contributed by atoms with Crippen LogP contribution in [-0.2, 0) is 19.4 Å². The van der Waals surface area contributed by atoms with Crippen LogP contribution >= 0.6 is 0 Å². The van der Waals surface area contributed by atoms with Crippen LogP contribution in [-0.4, -0.2) is 27.5 Å². The Morgan fingerprint density at radius 1 is 1.27 bits per heavy atom. The second-order valence-electron chi connectivity index (χ2n) is 6.25. The van der Waals surface area contributed by atoms with Crippen molar-refractivity contribution in [2.45, 2.75) is 51.3 Å². The second-order valence-corrected chi connectivity index (χ2v) is 6.25. The molecule has 0 saturated heterocycles. The van der Waals surface area contributed by atoms with E-state index in [-0.39, 0.29) is 6.04 Å². The molecule has 1 aliphatic carbocycles. The smallest absolute Gasteiger partial charge is 0.0860 e. The molecule has 4 nitrogen and oxygen atoms in total. The number of benzene rings is 1. The Labute approximate surface area is 132 Å². The summed E-state index contributed by atoms with van der Waals surface area (Å²) < 4.78 is 1.76. The van der Waals surface area contributed by atoms with Gasteiger partial charge in [0.2, 0.25) is 0 Å². The Balaban J connectivity index is 1.54. The van der Waals surface area contributed by atoms with Gasteiger partial charge in [-0.25, -0.2) is 0 Å². The molecule has 1 aliphatic rings. The molecule has 0 unspecified atom stereocenters. The van der Waals surface area contributed by atoms with Gasteiger partial charge in [-0.1, -0.05) is 18.2 Å². The van der Waals surface area contributed by atoms with Crippen LogP contribution in [0.15, 0.2) is 36.7 Å². The van der Waals surface area contributed by atoms with Crippen molar-refractivity contribution < 1.29 is 5.11 Å². The molecule has 0 aliphatic heterocycles. The van der Waals surface area contributed by atoms with Gasteiger partial charge in [-0.2, -0.15) is 5.10 Å². The zero-order valence-corrected chi connectivity index (χ0v) is 13.2. The first-order valence-corrected chi connectivity index (χ1v) is 8.23. The van der Waals surface area contributed by atoms with Crippen molar-refractivity contribution in [1.82, 2.24) is 15.1 Å². The lowest BCUT2D eigenvalue weighted by Gasteiger charge is -2.21. The predicted octanol–water partition coefficient (Wildman–Crippen LogP) is 2.47. The molecule has 118 valence electrons. The number of aromatic nitrogens is 2. The number of hydrogen-bond acceptors (Lipinski definition) is 3. The summed E-state index contributed by atoms with van der Waals surface area (Å²) in [6.07, 6.45) is 8.23. The first kappa shape index (κ1) is 15.3. The number of hydrogen-bond donors (Lipinski definition) is 2. The largest absolute Gasteiger partial charge is 0.390 e. The van der Waals surface area contributed by atoms with Gasteiger partial charge in [-0.05, 0) is 55.4 Å². The second kappa shape index (κ2) is 7.07. The van der Waals surface area contributed by atoms with Crippen LogP contribution in [0.25, 0.3) is 0 Å². The van der Waals surface area contributed by atoms with E-state index in [0.29, 0.717) is 13.1 Å². The minimum Gasteiger partial charge on any atom is -0.390 e. The Morgan fingerprint density at radius 2 is 2.09 bits per heavy atom. The quantitative estimate of drug-likeness (QED) is 0.861. The van der Waals surface area contributed by atoms with Gasteiger partial charge in [-0.15, -0.1) is 0 Å². The highest BCUT2D eigenvalue weighted by Gasteiger charge is 2.13. The number of aliphatic hydroxyl groups is 1. The van der Waals surface area contributed by atoms with Gasteiger partial charge < -0.3 is 10.4 Å². The van der Waals surface area contributed by atoms with Crippen LogP contribution < -0.4 is 5.32 Å². The lowest BCUT2D eigenvalue weighted by atomic mass is 9.89. The standard InChI is InChI=1S/C18H25N3O/c1-14(19-12-18(22)13-21-10-4-9-20-21)16-8-7-15-5-2-3-6-17(15)11-16/h4,7-11,14,18-19,22H,2-3,5-6,12-13H2,1H3/t14-,18-/m1/s1. The van der Waals surface area contributed by atoms with Crippen molar-refractivity contribution in [2.75, 3.05) is 6.54 Å². The maximum atomic E-state index is 10.1. The molecule has 2 atom stereocenters. The van der Waals surface area contributed by atoms with Crippen molar-refractivity contribution >= 4 is 0 Å². The van der Waals surface area contributed by atoms with Crippen molar-refractivity contribution in [3.05, 3.63) is 53.3 Å². The van der Waals surface area contributed by atoms with Crippen LogP contribution in [0.5, 0.6) is 0 Å². The van der Waals surface area contributed by atoms with Crippen LogP contribution in [0.2, 0.25) is 0 Å². The summed E-state index contributed by atoms with van der Waals surface area (Å²) in [6, 6.07) is 8.96. The lowest BCUT2D eigenvalue weighted by Crippen LogP contribution is -2.32. The van der Waals surface area contributed by atoms with E-state index in [2.05, 4.69) is 35.5 Å². The molecule has 2 aromatic rings. The molecule has 2 N–H and O–H groups in total. The highest BCUT2D eigenvalue weighted by molar-refractivity contribution is 5.35. The summed E-state index contributed by atoms with van der Waals surface area (Å²) in [5.74, 6) is 0. The van der Waals surface area contributed by atoms with E-state index in [1.165, 1.54) is 42.4 Å². The minimum absolute atomic E-state index is 0.250. The van der Waals surface area contributed by atoms with E-state index in [4.69, 9.17) is 0 Å². The topological polar surface area (TPSA) is 50.1 Å². The molecule has 0 saturated carbocycles. The Hall–Kier alpha value is -1.65. The van der Waals surface area contributed by atoms with Crippen LogP contribution in [0.1, 0.15) is 42.5 Å². The van der Waals surface area contributed by atoms with Gasteiger partial charge in [0.1, 0.15) is 0 Å². The molecule has 1 heterocycles. The summed E-state index contributed by atoms with van der Waals surface area (Å²) in [5.41, 5.74) is 4.34. The fourth-order valence-corrected chi connectivity index (χ4v) is 3.14. The van der Waals surface area contributed by atoms with E-state index in [1.54, 1.807) is 10.9 Å².